The first-order valence-corrected chi connectivity index (χ1v) is 11.4. The number of fused-ring (bicyclic) bond motifs is 3. The molecule has 0 spiro atoms. The molecule has 0 aromatic heterocycles. The van der Waals surface area contributed by atoms with Gasteiger partial charge in [-0.25, -0.2) is 0 Å². The third-order valence-electron chi connectivity index (χ3n) is 6.19. The van der Waals surface area contributed by atoms with E-state index in [9.17, 15) is 4.79 Å². The number of hydrogen-bond acceptors (Lipinski definition) is 6. The maximum Gasteiger partial charge on any atom is 0.231 e. The number of ether oxygens (including phenoxy) is 4. The van der Waals surface area contributed by atoms with Crippen molar-refractivity contribution < 1.29 is 23.7 Å². The quantitative estimate of drug-likeness (QED) is 0.460. The van der Waals surface area contributed by atoms with Gasteiger partial charge in [0.05, 0.1) is 25.3 Å². The Balaban J connectivity index is 1.35. The lowest BCUT2D eigenvalue weighted by Crippen LogP contribution is -2.33. The van der Waals surface area contributed by atoms with Gasteiger partial charge in [-0.1, -0.05) is 30.3 Å². The van der Waals surface area contributed by atoms with E-state index in [2.05, 4.69) is 29.2 Å². The van der Waals surface area contributed by atoms with Crippen LogP contribution in [0.25, 0.3) is 6.08 Å². The van der Waals surface area contributed by atoms with Crippen LogP contribution in [0.3, 0.4) is 0 Å². The third-order valence-corrected chi connectivity index (χ3v) is 6.19. The molecule has 0 atom stereocenters. The molecular weight excluding hydrogens is 430 g/mol. The number of methoxy groups -OCH3 is 2. The van der Waals surface area contributed by atoms with Crippen LogP contribution in [0, 0.1) is 0 Å². The summed E-state index contributed by atoms with van der Waals surface area (Å²) in [5.41, 5.74) is 3.52. The van der Waals surface area contributed by atoms with E-state index in [-0.39, 0.29) is 11.5 Å². The number of rotatable bonds is 7. The largest absolute Gasteiger partial charge is 0.497 e. The van der Waals surface area contributed by atoms with Gasteiger partial charge in [-0.2, -0.15) is 0 Å². The molecular formula is C28H27NO5. The average Bonchev–Trinajstić information content (AvgIpc) is 3.20. The maximum atomic E-state index is 13.1. The highest BCUT2D eigenvalue weighted by molar-refractivity contribution is 6.15. The summed E-state index contributed by atoms with van der Waals surface area (Å²) in [7, 11) is 3.19. The molecule has 0 N–H and O–H groups in total. The van der Waals surface area contributed by atoms with Gasteiger partial charge in [0.2, 0.25) is 5.78 Å². The maximum absolute atomic E-state index is 13.1. The normalized spacial score (nSPS) is 15.9. The average molecular weight is 458 g/mol. The predicted molar refractivity (Wildman–Crippen MR) is 130 cm³/mol. The van der Waals surface area contributed by atoms with Crippen molar-refractivity contribution in [3.8, 4) is 23.0 Å². The lowest BCUT2D eigenvalue weighted by atomic mass is 10.0. The van der Waals surface area contributed by atoms with Crippen molar-refractivity contribution in [1.82, 2.24) is 4.90 Å². The second-order valence-corrected chi connectivity index (χ2v) is 8.38. The summed E-state index contributed by atoms with van der Waals surface area (Å²) in [6, 6.07) is 19.6. The van der Waals surface area contributed by atoms with Crippen molar-refractivity contribution in [2.45, 2.75) is 19.4 Å². The Morgan fingerprint density at radius 2 is 1.88 bits per heavy atom. The lowest BCUT2D eigenvalue weighted by Gasteiger charge is -2.29. The van der Waals surface area contributed by atoms with E-state index in [4.69, 9.17) is 18.9 Å². The van der Waals surface area contributed by atoms with Crippen LogP contribution in [0.4, 0.5) is 0 Å². The van der Waals surface area contributed by atoms with Crippen molar-refractivity contribution in [3.05, 3.63) is 88.7 Å². The smallest absolute Gasteiger partial charge is 0.231 e. The topological polar surface area (TPSA) is 57.2 Å². The Bertz CT molecular complexity index is 1240. The molecule has 5 rings (SSSR count). The Hall–Kier alpha value is -3.77. The van der Waals surface area contributed by atoms with Crippen LogP contribution in [0.15, 0.2) is 66.4 Å². The van der Waals surface area contributed by atoms with E-state index in [1.807, 2.05) is 24.3 Å². The van der Waals surface area contributed by atoms with Gasteiger partial charge in [-0.15, -0.1) is 0 Å². The molecule has 0 unspecified atom stereocenters. The molecule has 0 bridgehead atoms. The van der Waals surface area contributed by atoms with Gasteiger partial charge in [0.15, 0.2) is 5.76 Å². The highest BCUT2D eigenvalue weighted by Crippen LogP contribution is 2.42. The van der Waals surface area contributed by atoms with Crippen LogP contribution < -0.4 is 18.9 Å². The molecule has 2 heterocycles. The van der Waals surface area contributed by atoms with E-state index in [0.717, 1.165) is 30.7 Å². The molecule has 0 radical (unpaired) electrons. The Morgan fingerprint density at radius 3 is 2.68 bits per heavy atom. The minimum Gasteiger partial charge on any atom is -0.497 e. The number of hydrogen-bond donors (Lipinski definition) is 0. The Kier molecular flexibility index (Phi) is 6.23. The molecule has 0 saturated carbocycles. The van der Waals surface area contributed by atoms with Crippen molar-refractivity contribution in [2.24, 2.45) is 0 Å². The second-order valence-electron chi connectivity index (χ2n) is 8.38. The fraction of sp³-hybridized carbons (Fsp3) is 0.250. The van der Waals surface area contributed by atoms with E-state index in [1.165, 1.54) is 5.56 Å². The Morgan fingerprint density at radius 1 is 1.03 bits per heavy atom. The first kappa shape index (κ1) is 22.0. The van der Waals surface area contributed by atoms with Crippen molar-refractivity contribution in [3.63, 3.8) is 0 Å². The SMILES string of the molecule is COc1ccc(OC)c(/C=C2\Oc3c(ccc4c3CN(CCCc3ccccc3)CO4)C2=O)c1. The first-order valence-electron chi connectivity index (χ1n) is 11.4. The van der Waals surface area contributed by atoms with Gasteiger partial charge in [-0.05, 0) is 54.8 Å². The molecule has 0 aliphatic carbocycles. The summed E-state index contributed by atoms with van der Waals surface area (Å²) in [6.45, 7) is 2.10. The van der Waals surface area contributed by atoms with Crippen LogP contribution >= 0.6 is 0 Å². The van der Waals surface area contributed by atoms with Gasteiger partial charge in [-0.3, -0.25) is 9.69 Å². The molecule has 2 aliphatic heterocycles. The summed E-state index contributed by atoms with van der Waals surface area (Å²) in [5.74, 6) is 2.78. The van der Waals surface area contributed by atoms with E-state index in [0.29, 0.717) is 41.7 Å². The second kappa shape index (κ2) is 9.61. The third kappa shape index (κ3) is 4.37. The first-order chi connectivity index (χ1) is 16.7. The number of Topliss-reactive ketones (excluding diaryl/α,β-unsaturated/α-hetero) is 1. The number of allylic oxidation sites excluding steroid dienone is 1. The number of ketones is 1. The minimum atomic E-state index is -0.149. The molecule has 6 nitrogen and oxygen atoms in total. The van der Waals surface area contributed by atoms with Gasteiger partial charge in [0.25, 0.3) is 0 Å². The molecule has 6 heteroatoms. The molecule has 3 aromatic rings. The monoisotopic (exact) mass is 457 g/mol. The highest BCUT2D eigenvalue weighted by Gasteiger charge is 2.33. The molecule has 34 heavy (non-hydrogen) atoms. The zero-order valence-corrected chi connectivity index (χ0v) is 19.4. The zero-order chi connectivity index (χ0) is 23.5. The molecule has 2 aliphatic rings. The molecule has 0 amide bonds. The molecule has 174 valence electrons. The highest BCUT2D eigenvalue weighted by atomic mass is 16.5. The van der Waals surface area contributed by atoms with Crippen LogP contribution in [-0.4, -0.2) is 38.2 Å². The van der Waals surface area contributed by atoms with Crippen molar-refractivity contribution in [1.29, 1.82) is 0 Å². The standard InChI is InChI=1S/C28H27NO5/c1-31-21-10-12-24(32-2)20(15-21)16-26-27(30)22-11-13-25-23(28(22)34-26)17-29(18-33-25)14-6-9-19-7-4-3-5-8-19/h3-5,7-8,10-13,15-16H,6,9,14,17-18H2,1-2H3/b26-16-. The minimum absolute atomic E-state index is 0.149. The van der Waals surface area contributed by atoms with Crippen LogP contribution in [-0.2, 0) is 13.0 Å². The van der Waals surface area contributed by atoms with Gasteiger partial charge < -0.3 is 18.9 Å². The summed E-state index contributed by atoms with van der Waals surface area (Å²) in [5, 5.41) is 0. The van der Waals surface area contributed by atoms with Crippen LogP contribution in [0.5, 0.6) is 23.0 Å². The van der Waals surface area contributed by atoms with E-state index in [1.54, 1.807) is 32.4 Å². The van der Waals surface area contributed by atoms with Gasteiger partial charge in [0.1, 0.15) is 29.7 Å². The Labute approximate surface area is 199 Å². The van der Waals surface area contributed by atoms with Gasteiger partial charge >= 0.3 is 0 Å². The van der Waals surface area contributed by atoms with Crippen molar-refractivity contribution >= 4 is 11.9 Å². The summed E-state index contributed by atoms with van der Waals surface area (Å²) < 4.78 is 22.9. The molecule has 3 aromatic carbocycles. The molecule has 0 fully saturated rings. The summed E-state index contributed by atoms with van der Waals surface area (Å²) in [4.78, 5) is 15.4. The zero-order valence-electron chi connectivity index (χ0n) is 19.4. The number of nitrogens with zero attached hydrogens (tertiary/aromatic N) is 1. The summed E-state index contributed by atoms with van der Waals surface area (Å²) in [6.07, 6.45) is 3.75. The fourth-order valence-electron chi connectivity index (χ4n) is 4.39. The van der Waals surface area contributed by atoms with Crippen LogP contribution in [0.1, 0.15) is 33.5 Å². The number of benzene rings is 3. The van der Waals surface area contributed by atoms with Crippen LogP contribution in [0.2, 0.25) is 0 Å². The fourth-order valence-corrected chi connectivity index (χ4v) is 4.39. The van der Waals surface area contributed by atoms with E-state index >= 15 is 0 Å². The lowest BCUT2D eigenvalue weighted by molar-refractivity contribution is 0.0928. The number of carbonyl (C=O) groups excluding carboxylic acids is 1. The van der Waals surface area contributed by atoms with Gasteiger partial charge in [0, 0.05) is 18.7 Å². The van der Waals surface area contributed by atoms with E-state index < -0.39 is 0 Å². The molecule has 0 saturated heterocycles. The number of aryl methyl sites for hydroxylation is 1. The summed E-state index contributed by atoms with van der Waals surface area (Å²) >= 11 is 0. The van der Waals surface area contributed by atoms with Crippen molar-refractivity contribution in [2.75, 3.05) is 27.5 Å². The number of carbonyl (C=O) groups is 1. The predicted octanol–water partition coefficient (Wildman–Crippen LogP) is 5.10.